The van der Waals surface area contributed by atoms with Crippen LogP contribution < -0.4 is 0 Å². The summed E-state index contributed by atoms with van der Waals surface area (Å²) in [6.07, 6.45) is 3.09. The molecule has 1 rings (SSSR count). The summed E-state index contributed by atoms with van der Waals surface area (Å²) in [5, 5.41) is 0. The van der Waals surface area contributed by atoms with Crippen LogP contribution in [0.25, 0.3) is 0 Å². The zero-order chi connectivity index (χ0) is 9.68. The SMILES string of the molecule is COC(=O)C#Cc1cnc(C)cn1. The van der Waals surface area contributed by atoms with Crippen LogP contribution in [0.2, 0.25) is 0 Å². The Bertz CT molecular complexity index is 359. The molecule has 4 nitrogen and oxygen atoms in total. The van der Waals surface area contributed by atoms with Crippen molar-refractivity contribution in [3.8, 4) is 11.8 Å². The van der Waals surface area contributed by atoms with E-state index in [0.29, 0.717) is 5.69 Å². The second kappa shape index (κ2) is 4.21. The molecule has 1 aromatic heterocycles. The number of aryl methyl sites for hydroxylation is 1. The van der Waals surface area contributed by atoms with Gasteiger partial charge in [-0.05, 0) is 12.8 Å². The Hall–Kier alpha value is -1.89. The van der Waals surface area contributed by atoms with Gasteiger partial charge in [-0.3, -0.25) is 4.98 Å². The van der Waals surface area contributed by atoms with Gasteiger partial charge in [0, 0.05) is 12.1 Å². The quantitative estimate of drug-likeness (QED) is 0.421. The van der Waals surface area contributed by atoms with Crippen LogP contribution in [0.3, 0.4) is 0 Å². The van der Waals surface area contributed by atoms with E-state index < -0.39 is 5.97 Å². The Morgan fingerprint density at radius 3 is 2.77 bits per heavy atom. The molecule has 1 aromatic rings. The molecule has 0 unspecified atom stereocenters. The second-order valence-corrected chi connectivity index (χ2v) is 2.28. The number of hydrogen-bond acceptors (Lipinski definition) is 4. The predicted octanol–water partition coefficient (Wildman–Crippen LogP) is 0.310. The molecule has 1 heterocycles. The van der Waals surface area contributed by atoms with Crippen molar-refractivity contribution in [1.29, 1.82) is 0 Å². The molecule has 0 aromatic carbocycles. The van der Waals surface area contributed by atoms with Gasteiger partial charge < -0.3 is 4.74 Å². The number of aromatic nitrogens is 2. The number of nitrogens with zero attached hydrogens (tertiary/aromatic N) is 2. The number of carbonyl (C=O) groups excluding carboxylic acids is 1. The van der Waals surface area contributed by atoms with E-state index in [9.17, 15) is 4.79 Å². The maximum atomic E-state index is 10.6. The first-order chi connectivity index (χ1) is 6.22. The van der Waals surface area contributed by atoms with Crippen molar-refractivity contribution in [3.63, 3.8) is 0 Å². The van der Waals surface area contributed by atoms with Crippen LogP contribution in [0.4, 0.5) is 0 Å². The molecule has 0 aliphatic rings. The van der Waals surface area contributed by atoms with Crippen molar-refractivity contribution in [2.75, 3.05) is 7.11 Å². The van der Waals surface area contributed by atoms with Crippen molar-refractivity contribution < 1.29 is 9.53 Å². The molecule has 0 aliphatic heterocycles. The second-order valence-electron chi connectivity index (χ2n) is 2.28. The van der Waals surface area contributed by atoms with Gasteiger partial charge in [0.15, 0.2) is 0 Å². The molecule has 0 fully saturated rings. The lowest BCUT2D eigenvalue weighted by Crippen LogP contribution is -1.95. The van der Waals surface area contributed by atoms with E-state index >= 15 is 0 Å². The fraction of sp³-hybridized carbons (Fsp3) is 0.222. The molecule has 66 valence electrons. The number of hydrogen-bond donors (Lipinski definition) is 0. The minimum absolute atomic E-state index is 0.455. The van der Waals surface area contributed by atoms with Crippen molar-refractivity contribution in [2.24, 2.45) is 0 Å². The Labute approximate surface area is 76.0 Å². The Balaban J connectivity index is 2.78. The van der Waals surface area contributed by atoms with Crippen LogP contribution in [0.5, 0.6) is 0 Å². The third-order valence-electron chi connectivity index (χ3n) is 1.26. The van der Waals surface area contributed by atoms with Gasteiger partial charge in [-0.15, -0.1) is 0 Å². The van der Waals surface area contributed by atoms with Crippen LogP contribution in [-0.4, -0.2) is 23.0 Å². The highest BCUT2D eigenvalue weighted by Crippen LogP contribution is 1.90. The Morgan fingerprint density at radius 2 is 2.23 bits per heavy atom. The summed E-state index contributed by atoms with van der Waals surface area (Å²) in [6, 6.07) is 0. The van der Waals surface area contributed by atoms with Crippen LogP contribution >= 0.6 is 0 Å². The van der Waals surface area contributed by atoms with E-state index in [0.717, 1.165) is 5.69 Å². The summed E-state index contributed by atoms with van der Waals surface area (Å²) >= 11 is 0. The standard InChI is InChI=1S/C9H8N2O2/c1-7-5-11-8(6-10-7)3-4-9(12)13-2/h5-6H,1-2H3. The topological polar surface area (TPSA) is 52.1 Å². The van der Waals surface area contributed by atoms with E-state index in [4.69, 9.17) is 0 Å². The van der Waals surface area contributed by atoms with Gasteiger partial charge in [0.1, 0.15) is 5.69 Å². The number of esters is 1. The van der Waals surface area contributed by atoms with Crippen molar-refractivity contribution in [1.82, 2.24) is 9.97 Å². The molecular weight excluding hydrogens is 168 g/mol. The van der Waals surface area contributed by atoms with Crippen LogP contribution in [0, 0.1) is 18.8 Å². The summed E-state index contributed by atoms with van der Waals surface area (Å²) in [6.45, 7) is 1.82. The van der Waals surface area contributed by atoms with E-state index in [1.54, 1.807) is 6.20 Å². The lowest BCUT2D eigenvalue weighted by atomic mass is 10.4. The van der Waals surface area contributed by atoms with Crippen LogP contribution in [0.1, 0.15) is 11.4 Å². The van der Waals surface area contributed by atoms with Crippen LogP contribution in [0.15, 0.2) is 12.4 Å². The maximum Gasteiger partial charge on any atom is 0.384 e. The summed E-state index contributed by atoms with van der Waals surface area (Å²) in [5.41, 5.74) is 1.26. The minimum atomic E-state index is -0.581. The highest BCUT2D eigenvalue weighted by molar-refractivity contribution is 5.88. The van der Waals surface area contributed by atoms with E-state index in [1.807, 2.05) is 6.92 Å². The monoisotopic (exact) mass is 176 g/mol. The third-order valence-corrected chi connectivity index (χ3v) is 1.26. The Kier molecular flexibility index (Phi) is 2.98. The molecule has 0 saturated heterocycles. The lowest BCUT2D eigenvalue weighted by Gasteiger charge is -1.89. The number of rotatable bonds is 0. The molecule has 13 heavy (non-hydrogen) atoms. The first kappa shape index (κ1) is 9.20. The molecule has 0 bridgehead atoms. The molecule has 0 N–H and O–H groups in total. The third kappa shape index (κ3) is 2.91. The molecule has 0 amide bonds. The molecule has 0 spiro atoms. The van der Waals surface area contributed by atoms with Gasteiger partial charge in [-0.2, -0.15) is 0 Å². The number of ether oxygens (including phenoxy) is 1. The highest BCUT2D eigenvalue weighted by Gasteiger charge is 1.91. The van der Waals surface area contributed by atoms with E-state index in [-0.39, 0.29) is 0 Å². The molecule has 0 aliphatic carbocycles. The van der Waals surface area contributed by atoms with Gasteiger partial charge in [0.2, 0.25) is 0 Å². The zero-order valence-electron chi connectivity index (χ0n) is 7.37. The minimum Gasteiger partial charge on any atom is -0.459 e. The number of carbonyl (C=O) groups is 1. The first-order valence-corrected chi connectivity index (χ1v) is 3.61. The average molecular weight is 176 g/mol. The molecule has 4 heteroatoms. The zero-order valence-corrected chi connectivity index (χ0v) is 7.37. The van der Waals surface area contributed by atoms with Gasteiger partial charge >= 0.3 is 5.97 Å². The summed E-state index contributed by atoms with van der Waals surface area (Å²) < 4.78 is 4.33. The largest absolute Gasteiger partial charge is 0.459 e. The van der Waals surface area contributed by atoms with Gasteiger partial charge in [-0.1, -0.05) is 0 Å². The fourth-order valence-corrected chi connectivity index (χ4v) is 0.623. The number of methoxy groups -OCH3 is 1. The summed E-state index contributed by atoms with van der Waals surface area (Å²) in [7, 11) is 1.28. The normalized spacial score (nSPS) is 8.46. The molecule has 0 saturated carbocycles. The molecule has 0 radical (unpaired) electrons. The fourth-order valence-electron chi connectivity index (χ4n) is 0.623. The lowest BCUT2D eigenvalue weighted by molar-refractivity contribution is -0.133. The van der Waals surface area contributed by atoms with Gasteiger partial charge in [0.25, 0.3) is 0 Å². The van der Waals surface area contributed by atoms with Crippen LogP contribution in [-0.2, 0) is 9.53 Å². The average Bonchev–Trinajstić information content (AvgIpc) is 2.16. The van der Waals surface area contributed by atoms with E-state index in [1.165, 1.54) is 13.3 Å². The van der Waals surface area contributed by atoms with Crippen molar-refractivity contribution >= 4 is 5.97 Å². The van der Waals surface area contributed by atoms with Gasteiger partial charge in [0.05, 0.1) is 19.0 Å². The smallest absolute Gasteiger partial charge is 0.384 e. The molecular formula is C9H8N2O2. The summed E-state index contributed by atoms with van der Waals surface area (Å²) in [4.78, 5) is 18.5. The maximum absolute atomic E-state index is 10.6. The highest BCUT2D eigenvalue weighted by atomic mass is 16.5. The first-order valence-electron chi connectivity index (χ1n) is 3.61. The van der Waals surface area contributed by atoms with Gasteiger partial charge in [-0.25, -0.2) is 9.78 Å². The van der Waals surface area contributed by atoms with Crippen molar-refractivity contribution in [3.05, 3.63) is 23.8 Å². The summed E-state index contributed by atoms with van der Waals surface area (Å²) in [5.74, 6) is 4.20. The predicted molar refractivity (Wildman–Crippen MR) is 45.7 cm³/mol. The Morgan fingerprint density at radius 1 is 1.46 bits per heavy atom. The van der Waals surface area contributed by atoms with E-state index in [2.05, 4.69) is 26.5 Å². The molecule has 0 atom stereocenters. The van der Waals surface area contributed by atoms with Crippen molar-refractivity contribution in [2.45, 2.75) is 6.92 Å².